The lowest BCUT2D eigenvalue weighted by molar-refractivity contribution is -0.134. The highest BCUT2D eigenvalue weighted by Crippen LogP contribution is 2.34. The molecule has 0 saturated heterocycles. The molecule has 8 nitrogen and oxygen atoms in total. The number of primary amides is 1. The number of amides is 3. The lowest BCUT2D eigenvalue weighted by Gasteiger charge is -2.36. The maximum Gasteiger partial charge on any atom is 0.253 e. The fourth-order valence-corrected chi connectivity index (χ4v) is 2.68. The summed E-state index contributed by atoms with van der Waals surface area (Å²) < 4.78 is 5.73. The van der Waals surface area contributed by atoms with Crippen LogP contribution >= 0.6 is 0 Å². The molecule has 0 bridgehead atoms. The fourth-order valence-electron chi connectivity index (χ4n) is 2.68. The van der Waals surface area contributed by atoms with Gasteiger partial charge in [0.15, 0.2) is 0 Å². The van der Waals surface area contributed by atoms with Crippen LogP contribution in [0.5, 0.6) is 5.75 Å². The van der Waals surface area contributed by atoms with Gasteiger partial charge < -0.3 is 25.2 Å². The molecule has 1 atom stereocenters. The maximum absolute atomic E-state index is 12.2. The molecule has 1 aliphatic rings. The summed E-state index contributed by atoms with van der Waals surface area (Å²) in [7, 11) is 6.78. The standard InChI is InChI=1S/C17H24N4O4/c1-19(2)17(24)11-5-6-14-13(7-11)21(4)12(10-25-14)8-16(23)20(3)9-15(18)22/h5-7,12H,8-10H2,1-4H3,(H2,18,22). The van der Waals surface area contributed by atoms with E-state index in [0.717, 1.165) is 5.69 Å². The van der Waals surface area contributed by atoms with Crippen molar-refractivity contribution in [2.45, 2.75) is 12.5 Å². The van der Waals surface area contributed by atoms with Crippen LogP contribution in [-0.4, -0.2) is 74.9 Å². The van der Waals surface area contributed by atoms with Crippen molar-refractivity contribution in [3.63, 3.8) is 0 Å². The van der Waals surface area contributed by atoms with Crippen molar-refractivity contribution in [1.29, 1.82) is 0 Å². The number of nitrogens with two attached hydrogens (primary N) is 1. The molecular weight excluding hydrogens is 324 g/mol. The Morgan fingerprint density at radius 3 is 2.56 bits per heavy atom. The molecular formula is C17H24N4O4. The lowest BCUT2D eigenvalue weighted by Crippen LogP contribution is -2.45. The number of anilines is 1. The number of carbonyl (C=O) groups is 3. The first-order valence-corrected chi connectivity index (χ1v) is 7.94. The van der Waals surface area contributed by atoms with Crippen LogP contribution in [0.25, 0.3) is 0 Å². The lowest BCUT2D eigenvalue weighted by atomic mass is 10.1. The zero-order valence-electron chi connectivity index (χ0n) is 15.0. The van der Waals surface area contributed by atoms with Crippen molar-refractivity contribution >= 4 is 23.4 Å². The second-order valence-electron chi connectivity index (χ2n) is 6.38. The van der Waals surface area contributed by atoms with Crippen molar-refractivity contribution in [3.8, 4) is 5.75 Å². The molecule has 0 fully saturated rings. The van der Waals surface area contributed by atoms with Gasteiger partial charge >= 0.3 is 0 Å². The number of fused-ring (bicyclic) bond motifs is 1. The van der Waals surface area contributed by atoms with E-state index in [4.69, 9.17) is 10.5 Å². The summed E-state index contributed by atoms with van der Waals surface area (Å²) in [5.74, 6) is -0.174. The quantitative estimate of drug-likeness (QED) is 0.803. The summed E-state index contributed by atoms with van der Waals surface area (Å²) in [6.45, 7) is 0.231. The van der Waals surface area contributed by atoms with Gasteiger partial charge in [-0.2, -0.15) is 0 Å². The second kappa shape index (κ2) is 7.42. The number of benzene rings is 1. The van der Waals surface area contributed by atoms with Crippen molar-refractivity contribution in [1.82, 2.24) is 9.80 Å². The Morgan fingerprint density at radius 2 is 1.96 bits per heavy atom. The van der Waals surface area contributed by atoms with Gasteiger partial charge in [-0.3, -0.25) is 14.4 Å². The highest BCUT2D eigenvalue weighted by Gasteiger charge is 2.29. The van der Waals surface area contributed by atoms with Crippen LogP contribution in [0.2, 0.25) is 0 Å². The van der Waals surface area contributed by atoms with Crippen LogP contribution in [0.15, 0.2) is 18.2 Å². The van der Waals surface area contributed by atoms with Crippen LogP contribution in [0, 0.1) is 0 Å². The van der Waals surface area contributed by atoms with Gasteiger partial charge in [0.05, 0.1) is 24.7 Å². The molecule has 8 heteroatoms. The SMILES string of the molecule is CN(C)C(=O)c1ccc2c(c1)N(C)C(CC(=O)N(C)CC(N)=O)CO2. The van der Waals surface area contributed by atoms with E-state index in [1.54, 1.807) is 39.3 Å². The summed E-state index contributed by atoms with van der Waals surface area (Å²) in [6.07, 6.45) is 0.186. The van der Waals surface area contributed by atoms with E-state index in [9.17, 15) is 14.4 Å². The Hall–Kier alpha value is -2.77. The zero-order valence-corrected chi connectivity index (χ0v) is 15.0. The number of ether oxygens (including phenoxy) is 1. The van der Waals surface area contributed by atoms with Crippen molar-refractivity contribution in [3.05, 3.63) is 23.8 Å². The van der Waals surface area contributed by atoms with E-state index in [-0.39, 0.29) is 30.8 Å². The third kappa shape index (κ3) is 4.20. The third-order valence-electron chi connectivity index (χ3n) is 4.20. The largest absolute Gasteiger partial charge is 0.489 e. The van der Waals surface area contributed by atoms with E-state index >= 15 is 0 Å². The molecule has 2 rings (SSSR count). The summed E-state index contributed by atoms with van der Waals surface area (Å²) in [5.41, 5.74) is 6.43. The molecule has 136 valence electrons. The fraction of sp³-hybridized carbons (Fsp3) is 0.471. The Morgan fingerprint density at radius 1 is 1.28 bits per heavy atom. The normalized spacial score (nSPS) is 15.8. The average molecular weight is 348 g/mol. The minimum absolute atomic E-state index is 0.101. The number of likely N-dealkylation sites (N-methyl/N-ethyl adjacent to an activating group) is 2. The van der Waals surface area contributed by atoms with Gasteiger partial charge in [-0.05, 0) is 18.2 Å². The first-order valence-electron chi connectivity index (χ1n) is 7.94. The van der Waals surface area contributed by atoms with Crippen LogP contribution < -0.4 is 15.4 Å². The van der Waals surface area contributed by atoms with Gasteiger partial charge in [-0.1, -0.05) is 0 Å². The van der Waals surface area contributed by atoms with Crippen molar-refractivity contribution in [2.75, 3.05) is 46.2 Å². The predicted molar refractivity (Wildman–Crippen MR) is 93.6 cm³/mol. The molecule has 3 amide bonds. The Kier molecular flexibility index (Phi) is 5.51. The molecule has 0 radical (unpaired) electrons. The van der Waals surface area contributed by atoms with Crippen LogP contribution in [-0.2, 0) is 9.59 Å². The van der Waals surface area contributed by atoms with Gasteiger partial charge in [0, 0.05) is 33.8 Å². The minimum atomic E-state index is -0.554. The molecule has 0 saturated carbocycles. The van der Waals surface area contributed by atoms with Gasteiger partial charge in [0.1, 0.15) is 12.4 Å². The summed E-state index contributed by atoms with van der Waals surface area (Å²) in [5, 5.41) is 0. The van der Waals surface area contributed by atoms with E-state index in [1.165, 1.54) is 9.80 Å². The Bertz CT molecular complexity index is 689. The average Bonchev–Trinajstić information content (AvgIpc) is 2.55. The smallest absolute Gasteiger partial charge is 0.253 e. The predicted octanol–water partition coefficient (Wildman–Crippen LogP) is -0.0806. The molecule has 0 aliphatic carbocycles. The number of hydrogen-bond acceptors (Lipinski definition) is 5. The number of carbonyl (C=O) groups excluding carboxylic acids is 3. The molecule has 1 heterocycles. The molecule has 2 N–H and O–H groups in total. The van der Waals surface area contributed by atoms with E-state index in [0.29, 0.717) is 17.9 Å². The Balaban J connectivity index is 2.15. The van der Waals surface area contributed by atoms with Gasteiger partial charge in [0.25, 0.3) is 5.91 Å². The summed E-state index contributed by atoms with van der Waals surface area (Å²) in [6, 6.07) is 5.06. The molecule has 1 aromatic rings. The molecule has 1 unspecified atom stereocenters. The Labute approximate surface area is 147 Å². The molecule has 1 aliphatic heterocycles. The maximum atomic E-state index is 12.2. The van der Waals surface area contributed by atoms with Gasteiger partial charge in [-0.15, -0.1) is 0 Å². The highest BCUT2D eigenvalue weighted by molar-refractivity contribution is 5.95. The van der Waals surface area contributed by atoms with Crippen LogP contribution in [0.4, 0.5) is 5.69 Å². The minimum Gasteiger partial charge on any atom is -0.489 e. The first kappa shape index (κ1) is 18.6. The second-order valence-corrected chi connectivity index (χ2v) is 6.38. The van der Waals surface area contributed by atoms with E-state index in [1.807, 2.05) is 11.9 Å². The number of nitrogens with zero attached hydrogens (tertiary/aromatic N) is 3. The van der Waals surface area contributed by atoms with Gasteiger partial charge in [-0.25, -0.2) is 0 Å². The number of rotatable bonds is 5. The van der Waals surface area contributed by atoms with E-state index < -0.39 is 5.91 Å². The summed E-state index contributed by atoms with van der Waals surface area (Å²) >= 11 is 0. The number of hydrogen-bond donors (Lipinski definition) is 1. The molecule has 25 heavy (non-hydrogen) atoms. The monoisotopic (exact) mass is 348 g/mol. The van der Waals surface area contributed by atoms with Crippen molar-refractivity contribution < 1.29 is 19.1 Å². The first-order chi connectivity index (χ1) is 11.7. The van der Waals surface area contributed by atoms with Crippen LogP contribution in [0.1, 0.15) is 16.8 Å². The third-order valence-corrected chi connectivity index (χ3v) is 4.20. The van der Waals surface area contributed by atoms with Gasteiger partial charge in [0.2, 0.25) is 11.8 Å². The molecule has 0 aromatic heterocycles. The topological polar surface area (TPSA) is 96.2 Å². The molecule has 1 aromatic carbocycles. The molecule has 0 spiro atoms. The van der Waals surface area contributed by atoms with Crippen molar-refractivity contribution in [2.24, 2.45) is 5.73 Å². The zero-order chi connectivity index (χ0) is 18.7. The van der Waals surface area contributed by atoms with E-state index in [2.05, 4.69) is 0 Å². The van der Waals surface area contributed by atoms with Crippen LogP contribution in [0.3, 0.4) is 0 Å². The highest BCUT2D eigenvalue weighted by atomic mass is 16.5. The summed E-state index contributed by atoms with van der Waals surface area (Å²) in [4.78, 5) is 40.1.